The van der Waals surface area contributed by atoms with E-state index in [0.717, 1.165) is 26.8 Å². The van der Waals surface area contributed by atoms with Gasteiger partial charge in [-0.05, 0) is 30.2 Å². The molecule has 0 spiro atoms. The molecule has 0 aliphatic rings. The van der Waals surface area contributed by atoms with Gasteiger partial charge in [-0.25, -0.2) is 4.98 Å². The number of carbonyl (C=O) groups excluding carboxylic acids is 1. The zero-order chi connectivity index (χ0) is 17.4. The summed E-state index contributed by atoms with van der Waals surface area (Å²) in [6, 6.07) is 17.5. The Morgan fingerprint density at radius 1 is 1.00 bits per heavy atom. The Bertz CT molecular complexity index is 1050. The van der Waals surface area contributed by atoms with Crippen LogP contribution in [0.5, 0.6) is 0 Å². The quantitative estimate of drug-likeness (QED) is 0.553. The van der Waals surface area contributed by atoms with Gasteiger partial charge in [-0.1, -0.05) is 55.5 Å². The molecule has 0 aliphatic carbocycles. The van der Waals surface area contributed by atoms with Crippen molar-refractivity contribution in [2.75, 3.05) is 5.32 Å². The topological polar surface area (TPSA) is 54.9 Å². The summed E-state index contributed by atoms with van der Waals surface area (Å²) < 4.78 is 1.06. The minimum absolute atomic E-state index is 0.153. The van der Waals surface area contributed by atoms with E-state index in [4.69, 9.17) is 0 Å². The fourth-order valence-corrected chi connectivity index (χ4v) is 3.63. The molecule has 0 atom stereocenters. The van der Waals surface area contributed by atoms with Gasteiger partial charge in [-0.15, -0.1) is 0 Å². The van der Waals surface area contributed by atoms with Crippen molar-refractivity contribution in [1.29, 1.82) is 0 Å². The normalized spacial score (nSPS) is 11.3. The van der Waals surface area contributed by atoms with Crippen LogP contribution in [0.25, 0.3) is 21.1 Å². The summed E-state index contributed by atoms with van der Waals surface area (Å²) in [4.78, 5) is 22.1. The highest BCUT2D eigenvalue weighted by Gasteiger charge is 2.16. The molecule has 5 heteroatoms. The van der Waals surface area contributed by atoms with Crippen LogP contribution in [0.15, 0.2) is 54.6 Å². The summed E-state index contributed by atoms with van der Waals surface area (Å²) >= 11 is 1.48. The van der Waals surface area contributed by atoms with Crippen molar-refractivity contribution in [1.82, 2.24) is 9.97 Å². The van der Waals surface area contributed by atoms with Crippen LogP contribution in [0.2, 0.25) is 0 Å². The van der Waals surface area contributed by atoms with Crippen molar-refractivity contribution in [3.8, 4) is 0 Å². The summed E-state index contributed by atoms with van der Waals surface area (Å²) in [7, 11) is 0. The second-order valence-corrected chi connectivity index (χ2v) is 7.24. The number of aromatic nitrogens is 2. The highest BCUT2D eigenvalue weighted by molar-refractivity contribution is 7.22. The molecule has 2 aromatic heterocycles. The van der Waals surface area contributed by atoms with Crippen LogP contribution in [0.1, 0.15) is 35.8 Å². The molecule has 0 bridgehead atoms. The monoisotopic (exact) mass is 347 g/mol. The SMILES string of the molecule is CC(C)c1cc(C(=O)Nc2nc3ccccc3s2)c2ccccc2n1. The van der Waals surface area contributed by atoms with Crippen molar-refractivity contribution < 1.29 is 4.79 Å². The molecule has 25 heavy (non-hydrogen) atoms. The molecule has 4 rings (SSSR count). The van der Waals surface area contributed by atoms with E-state index in [0.29, 0.717) is 10.7 Å². The van der Waals surface area contributed by atoms with Gasteiger partial charge in [0.2, 0.25) is 0 Å². The van der Waals surface area contributed by atoms with Gasteiger partial charge in [-0.3, -0.25) is 15.1 Å². The number of benzene rings is 2. The lowest BCUT2D eigenvalue weighted by molar-refractivity contribution is 0.102. The van der Waals surface area contributed by atoms with Crippen molar-refractivity contribution >= 4 is 43.5 Å². The number of hydrogen-bond donors (Lipinski definition) is 1. The number of hydrogen-bond acceptors (Lipinski definition) is 4. The molecule has 1 amide bonds. The minimum atomic E-state index is -0.153. The molecule has 0 radical (unpaired) electrons. The molecule has 4 aromatic rings. The van der Waals surface area contributed by atoms with E-state index in [1.807, 2.05) is 54.6 Å². The smallest absolute Gasteiger partial charge is 0.258 e. The van der Waals surface area contributed by atoms with E-state index in [9.17, 15) is 4.79 Å². The molecule has 0 saturated heterocycles. The number of pyridine rings is 1. The lowest BCUT2D eigenvalue weighted by Gasteiger charge is -2.11. The summed E-state index contributed by atoms with van der Waals surface area (Å²) in [6.07, 6.45) is 0. The van der Waals surface area contributed by atoms with Crippen molar-refractivity contribution in [3.63, 3.8) is 0 Å². The summed E-state index contributed by atoms with van der Waals surface area (Å²) in [5.41, 5.74) is 3.27. The van der Waals surface area contributed by atoms with Crippen LogP contribution in [0.3, 0.4) is 0 Å². The van der Waals surface area contributed by atoms with E-state index >= 15 is 0 Å². The molecule has 1 N–H and O–H groups in total. The standard InChI is InChI=1S/C20H17N3OS/c1-12(2)17-11-14(13-7-3-4-8-15(13)21-17)19(24)23-20-22-16-9-5-6-10-18(16)25-20/h3-12H,1-2H3,(H,22,23,24). The highest BCUT2D eigenvalue weighted by atomic mass is 32.1. The van der Waals surface area contributed by atoms with Gasteiger partial charge in [0.25, 0.3) is 5.91 Å². The number of nitrogens with one attached hydrogen (secondary N) is 1. The second-order valence-electron chi connectivity index (χ2n) is 6.21. The molecule has 0 aliphatic heterocycles. The lowest BCUT2D eigenvalue weighted by atomic mass is 10.0. The number of nitrogens with zero attached hydrogens (tertiary/aromatic N) is 2. The largest absolute Gasteiger partial charge is 0.298 e. The van der Waals surface area contributed by atoms with Gasteiger partial charge >= 0.3 is 0 Å². The second kappa shape index (κ2) is 6.26. The number of amides is 1. The Kier molecular flexibility index (Phi) is 3.93. The molecule has 124 valence electrons. The third-order valence-electron chi connectivity index (χ3n) is 4.09. The van der Waals surface area contributed by atoms with Gasteiger partial charge in [0.05, 0.1) is 21.3 Å². The number of para-hydroxylation sites is 2. The highest BCUT2D eigenvalue weighted by Crippen LogP contribution is 2.27. The Labute approximate surface area is 149 Å². The van der Waals surface area contributed by atoms with Gasteiger partial charge in [0.15, 0.2) is 5.13 Å². The van der Waals surface area contributed by atoms with Gasteiger partial charge < -0.3 is 0 Å². The maximum Gasteiger partial charge on any atom is 0.258 e. The molecule has 2 aromatic carbocycles. The van der Waals surface area contributed by atoms with Crippen LogP contribution >= 0.6 is 11.3 Å². The van der Waals surface area contributed by atoms with Gasteiger partial charge in [-0.2, -0.15) is 0 Å². The zero-order valence-electron chi connectivity index (χ0n) is 14.0. The van der Waals surface area contributed by atoms with Gasteiger partial charge in [0, 0.05) is 11.1 Å². The number of carbonyl (C=O) groups is 1. The third-order valence-corrected chi connectivity index (χ3v) is 5.04. The first kappa shape index (κ1) is 15.7. The van der Waals surface area contributed by atoms with Crippen LogP contribution in [-0.4, -0.2) is 15.9 Å². The summed E-state index contributed by atoms with van der Waals surface area (Å²) in [6.45, 7) is 4.15. The molecular weight excluding hydrogens is 330 g/mol. The maximum absolute atomic E-state index is 12.9. The maximum atomic E-state index is 12.9. The molecular formula is C20H17N3OS. The molecule has 2 heterocycles. The van der Waals surface area contributed by atoms with E-state index in [2.05, 4.69) is 29.1 Å². The predicted molar refractivity (Wildman–Crippen MR) is 103 cm³/mol. The average Bonchev–Trinajstić information content (AvgIpc) is 3.02. The van der Waals surface area contributed by atoms with E-state index in [1.54, 1.807) is 0 Å². The first-order chi connectivity index (χ1) is 12.1. The van der Waals surface area contributed by atoms with E-state index < -0.39 is 0 Å². The summed E-state index contributed by atoms with van der Waals surface area (Å²) in [5, 5.41) is 4.41. The third kappa shape index (κ3) is 2.98. The Morgan fingerprint density at radius 2 is 1.72 bits per heavy atom. The Hall–Kier alpha value is -2.79. The Morgan fingerprint density at radius 3 is 2.48 bits per heavy atom. The van der Waals surface area contributed by atoms with Crippen molar-refractivity contribution in [2.45, 2.75) is 19.8 Å². The number of fused-ring (bicyclic) bond motifs is 2. The lowest BCUT2D eigenvalue weighted by Crippen LogP contribution is -2.13. The Balaban J connectivity index is 1.76. The molecule has 4 nitrogen and oxygen atoms in total. The van der Waals surface area contributed by atoms with Gasteiger partial charge in [0.1, 0.15) is 0 Å². The molecule has 0 unspecified atom stereocenters. The van der Waals surface area contributed by atoms with Crippen LogP contribution in [0.4, 0.5) is 5.13 Å². The van der Waals surface area contributed by atoms with Crippen LogP contribution < -0.4 is 5.32 Å². The van der Waals surface area contributed by atoms with Crippen LogP contribution in [0, 0.1) is 0 Å². The first-order valence-electron chi connectivity index (χ1n) is 8.18. The predicted octanol–water partition coefficient (Wildman–Crippen LogP) is 5.22. The number of rotatable bonds is 3. The van der Waals surface area contributed by atoms with E-state index in [-0.39, 0.29) is 11.8 Å². The number of thiazole rings is 1. The van der Waals surface area contributed by atoms with Crippen molar-refractivity contribution in [2.24, 2.45) is 0 Å². The average molecular weight is 347 g/mol. The first-order valence-corrected chi connectivity index (χ1v) is 9.00. The van der Waals surface area contributed by atoms with Crippen molar-refractivity contribution in [3.05, 3.63) is 65.9 Å². The molecule has 0 saturated carbocycles. The number of anilines is 1. The van der Waals surface area contributed by atoms with Crippen LogP contribution in [-0.2, 0) is 0 Å². The zero-order valence-corrected chi connectivity index (χ0v) is 14.8. The van der Waals surface area contributed by atoms with E-state index in [1.165, 1.54) is 11.3 Å². The fraction of sp³-hybridized carbons (Fsp3) is 0.150. The summed E-state index contributed by atoms with van der Waals surface area (Å²) in [5.74, 6) is 0.0955. The molecule has 0 fully saturated rings. The minimum Gasteiger partial charge on any atom is -0.298 e. The fourth-order valence-electron chi connectivity index (χ4n) is 2.77.